The van der Waals surface area contributed by atoms with Crippen molar-refractivity contribution in [1.29, 1.82) is 0 Å². The number of carbonyl (C=O) groups excluding carboxylic acids is 1. The lowest BCUT2D eigenvalue weighted by Crippen LogP contribution is -2.27. The molecule has 0 radical (unpaired) electrons. The molecule has 32 heavy (non-hydrogen) atoms. The summed E-state index contributed by atoms with van der Waals surface area (Å²) in [5.41, 5.74) is 2.96. The topological polar surface area (TPSA) is 89.8 Å². The van der Waals surface area contributed by atoms with Crippen molar-refractivity contribution in [3.05, 3.63) is 77.0 Å². The van der Waals surface area contributed by atoms with E-state index in [9.17, 15) is 4.79 Å². The third kappa shape index (κ3) is 4.47. The summed E-state index contributed by atoms with van der Waals surface area (Å²) < 4.78 is 9.53. The number of rotatable bonds is 8. The van der Waals surface area contributed by atoms with Crippen molar-refractivity contribution < 1.29 is 9.53 Å². The van der Waals surface area contributed by atoms with Crippen molar-refractivity contribution in [1.82, 2.24) is 29.9 Å². The second-order valence-electron chi connectivity index (χ2n) is 7.09. The van der Waals surface area contributed by atoms with E-state index in [-0.39, 0.29) is 5.91 Å². The number of aromatic amines is 1. The number of hydrogen-bond donors (Lipinski definition) is 2. The van der Waals surface area contributed by atoms with Gasteiger partial charge in [-0.3, -0.25) is 9.89 Å². The summed E-state index contributed by atoms with van der Waals surface area (Å²) >= 11 is 5.21. The Labute approximate surface area is 190 Å². The van der Waals surface area contributed by atoms with Crippen LogP contribution >= 0.6 is 12.2 Å². The molecule has 8 nitrogen and oxygen atoms in total. The summed E-state index contributed by atoms with van der Waals surface area (Å²) in [5.74, 6) is 1.33. The SMILES string of the molecule is CCn1c(CCNC(=O)c2cc(-c3ccc(OC)cc3)n(-c3ccccc3)n2)n[nH]c1=S. The normalized spacial score (nSPS) is 10.8. The number of aromatic nitrogens is 5. The molecule has 0 bridgehead atoms. The fraction of sp³-hybridized carbons (Fsp3) is 0.217. The van der Waals surface area contributed by atoms with Crippen LogP contribution in [0.4, 0.5) is 0 Å². The summed E-state index contributed by atoms with van der Waals surface area (Å²) in [7, 11) is 1.63. The Balaban J connectivity index is 1.57. The zero-order chi connectivity index (χ0) is 22.5. The standard InChI is InChI=1S/C23H24N6O2S/c1-3-28-21(25-26-23(28)32)13-14-24-22(30)19-15-20(16-9-11-18(31-2)12-10-16)29(27-19)17-7-5-4-6-8-17/h4-12,15H,3,13-14H2,1-2H3,(H,24,30)(H,26,32). The van der Waals surface area contributed by atoms with Crippen molar-refractivity contribution >= 4 is 18.1 Å². The Hall–Kier alpha value is -3.72. The van der Waals surface area contributed by atoms with Crippen LogP contribution < -0.4 is 10.1 Å². The van der Waals surface area contributed by atoms with E-state index in [2.05, 4.69) is 20.6 Å². The molecule has 1 amide bonds. The fourth-order valence-electron chi connectivity index (χ4n) is 3.47. The number of para-hydroxylation sites is 1. The van der Waals surface area contributed by atoms with Gasteiger partial charge in [0, 0.05) is 25.1 Å². The highest BCUT2D eigenvalue weighted by molar-refractivity contribution is 7.71. The number of benzene rings is 2. The second-order valence-corrected chi connectivity index (χ2v) is 7.47. The molecule has 4 aromatic rings. The smallest absolute Gasteiger partial charge is 0.271 e. The van der Waals surface area contributed by atoms with Gasteiger partial charge in [0.05, 0.1) is 18.5 Å². The highest BCUT2D eigenvalue weighted by Gasteiger charge is 2.17. The van der Waals surface area contributed by atoms with Crippen molar-refractivity contribution in [2.45, 2.75) is 19.9 Å². The minimum atomic E-state index is -0.244. The highest BCUT2D eigenvalue weighted by Crippen LogP contribution is 2.26. The average molecular weight is 449 g/mol. The van der Waals surface area contributed by atoms with E-state index in [1.807, 2.05) is 66.1 Å². The third-order valence-electron chi connectivity index (χ3n) is 5.12. The maximum atomic E-state index is 12.9. The Morgan fingerprint density at radius 2 is 1.91 bits per heavy atom. The van der Waals surface area contributed by atoms with Gasteiger partial charge in [0.15, 0.2) is 10.5 Å². The lowest BCUT2D eigenvalue weighted by Gasteiger charge is -2.08. The molecule has 0 aliphatic rings. The number of hydrogen-bond acceptors (Lipinski definition) is 5. The van der Waals surface area contributed by atoms with Crippen molar-refractivity contribution in [2.24, 2.45) is 0 Å². The first-order valence-electron chi connectivity index (χ1n) is 10.3. The van der Waals surface area contributed by atoms with Crippen molar-refractivity contribution in [3.8, 4) is 22.7 Å². The largest absolute Gasteiger partial charge is 0.497 e. The van der Waals surface area contributed by atoms with E-state index < -0.39 is 0 Å². The van der Waals surface area contributed by atoms with E-state index in [4.69, 9.17) is 17.0 Å². The third-order valence-corrected chi connectivity index (χ3v) is 5.43. The van der Waals surface area contributed by atoms with E-state index in [1.165, 1.54) is 0 Å². The van der Waals surface area contributed by atoms with Crippen LogP contribution in [0.25, 0.3) is 16.9 Å². The van der Waals surface area contributed by atoms with Gasteiger partial charge in [0.2, 0.25) is 0 Å². The number of ether oxygens (including phenoxy) is 1. The van der Waals surface area contributed by atoms with Gasteiger partial charge in [0.1, 0.15) is 11.6 Å². The Bertz CT molecular complexity index is 1260. The molecule has 2 N–H and O–H groups in total. The summed E-state index contributed by atoms with van der Waals surface area (Å²) in [6, 6.07) is 19.2. The van der Waals surface area contributed by atoms with Crippen molar-refractivity contribution in [2.75, 3.05) is 13.7 Å². The van der Waals surface area contributed by atoms with E-state index >= 15 is 0 Å². The van der Waals surface area contributed by atoms with Crippen LogP contribution in [0.5, 0.6) is 5.75 Å². The van der Waals surface area contributed by atoms with Crippen LogP contribution in [-0.4, -0.2) is 44.1 Å². The minimum Gasteiger partial charge on any atom is -0.497 e. The zero-order valence-corrected chi connectivity index (χ0v) is 18.7. The summed E-state index contributed by atoms with van der Waals surface area (Å²) in [4.78, 5) is 12.9. The van der Waals surface area contributed by atoms with Crippen LogP contribution in [0.3, 0.4) is 0 Å². The number of carbonyl (C=O) groups is 1. The molecule has 2 heterocycles. The van der Waals surface area contributed by atoms with Crippen LogP contribution in [0, 0.1) is 4.77 Å². The second kappa shape index (κ2) is 9.61. The molecule has 0 aliphatic carbocycles. The summed E-state index contributed by atoms with van der Waals surface area (Å²) in [5, 5.41) is 14.6. The molecule has 2 aromatic carbocycles. The van der Waals surface area contributed by atoms with E-state index in [1.54, 1.807) is 17.9 Å². The summed E-state index contributed by atoms with van der Waals surface area (Å²) in [6.45, 7) is 3.16. The number of nitrogens with zero attached hydrogens (tertiary/aromatic N) is 4. The predicted octanol–water partition coefficient (Wildman–Crippen LogP) is 3.79. The number of amides is 1. The predicted molar refractivity (Wildman–Crippen MR) is 125 cm³/mol. The van der Waals surface area contributed by atoms with Crippen LogP contribution in [0.15, 0.2) is 60.7 Å². The monoisotopic (exact) mass is 448 g/mol. The Morgan fingerprint density at radius 3 is 2.59 bits per heavy atom. The number of H-pyrrole nitrogens is 1. The highest BCUT2D eigenvalue weighted by atomic mass is 32.1. The number of nitrogens with one attached hydrogen (secondary N) is 2. The van der Waals surface area contributed by atoms with Gasteiger partial charge >= 0.3 is 0 Å². The van der Waals surface area contributed by atoms with Gasteiger partial charge in [-0.05, 0) is 61.6 Å². The van der Waals surface area contributed by atoms with Crippen molar-refractivity contribution in [3.63, 3.8) is 0 Å². The van der Waals surface area contributed by atoms with Gasteiger partial charge in [-0.15, -0.1) is 0 Å². The number of methoxy groups -OCH3 is 1. The first-order chi connectivity index (χ1) is 15.6. The first kappa shape index (κ1) is 21.5. The molecule has 0 spiro atoms. The molecule has 0 unspecified atom stereocenters. The Morgan fingerprint density at radius 1 is 1.16 bits per heavy atom. The van der Waals surface area contributed by atoms with Gasteiger partial charge in [-0.1, -0.05) is 18.2 Å². The molecule has 164 valence electrons. The van der Waals surface area contributed by atoms with Crippen LogP contribution in [-0.2, 0) is 13.0 Å². The molecule has 9 heteroatoms. The molecular weight excluding hydrogens is 424 g/mol. The van der Waals surface area contributed by atoms with E-state index in [0.29, 0.717) is 23.4 Å². The molecule has 0 atom stereocenters. The molecule has 4 rings (SSSR count). The average Bonchev–Trinajstić information content (AvgIpc) is 3.43. The minimum absolute atomic E-state index is 0.244. The quantitative estimate of drug-likeness (QED) is 0.400. The molecular formula is C23H24N6O2S. The summed E-state index contributed by atoms with van der Waals surface area (Å²) in [6.07, 6.45) is 0.567. The maximum Gasteiger partial charge on any atom is 0.271 e. The van der Waals surface area contributed by atoms with Gasteiger partial charge < -0.3 is 14.6 Å². The van der Waals surface area contributed by atoms with Crippen LogP contribution in [0.1, 0.15) is 23.2 Å². The Kier molecular flexibility index (Phi) is 6.46. The fourth-order valence-corrected chi connectivity index (χ4v) is 3.75. The molecule has 0 saturated heterocycles. The lowest BCUT2D eigenvalue weighted by molar-refractivity contribution is 0.0948. The maximum absolute atomic E-state index is 12.9. The van der Waals surface area contributed by atoms with Gasteiger partial charge in [0.25, 0.3) is 5.91 Å². The first-order valence-corrected chi connectivity index (χ1v) is 10.7. The van der Waals surface area contributed by atoms with E-state index in [0.717, 1.165) is 35.1 Å². The molecule has 2 aromatic heterocycles. The molecule has 0 fully saturated rings. The van der Waals surface area contributed by atoms with Gasteiger partial charge in [-0.2, -0.15) is 10.2 Å². The van der Waals surface area contributed by atoms with Crippen LogP contribution in [0.2, 0.25) is 0 Å². The molecule has 0 saturated carbocycles. The van der Waals surface area contributed by atoms with Gasteiger partial charge in [-0.25, -0.2) is 4.68 Å². The lowest BCUT2D eigenvalue weighted by atomic mass is 10.1. The zero-order valence-electron chi connectivity index (χ0n) is 17.9. The molecule has 0 aliphatic heterocycles.